The van der Waals surface area contributed by atoms with E-state index in [1.54, 1.807) is 73.1 Å². The SMILES string of the molecule is CC1CN(c2ncccc2C(=O)NS(=O)(=O)c2cccc(N3CCCC3c3ccccc3)n2)C(C)(C)C1.CCCOc1ccc(-c2cnc(N3CC(C)CC3(C)C)c(C(=O)NS(=O)(=O)c3cccc(N)n3)c2)cc1C.C[C@@H]1CN(c2nc(-c3ccc(C#N)cc3)ccc2C(=O)NS(=O)(=O)c2cccnc2N)C(C)(C)C1. The van der Waals surface area contributed by atoms with Gasteiger partial charge in [0.2, 0.25) is 0 Å². The molecule has 3 amide bonds. The van der Waals surface area contributed by atoms with Crippen molar-refractivity contribution in [3.8, 4) is 34.2 Å². The Morgan fingerprint density at radius 1 is 0.564 bits per heavy atom. The highest BCUT2D eigenvalue weighted by atomic mass is 32.2. The summed E-state index contributed by atoms with van der Waals surface area (Å²) in [5.74, 6) is 1.44. The van der Waals surface area contributed by atoms with E-state index in [4.69, 9.17) is 31.4 Å². The van der Waals surface area contributed by atoms with Crippen LogP contribution in [0.4, 0.5) is 34.9 Å². The zero-order valence-corrected chi connectivity index (χ0v) is 66.1. The van der Waals surface area contributed by atoms with Crippen molar-refractivity contribution in [1.82, 2.24) is 44.1 Å². The molecular formula is C81H94N16O10S3. The summed E-state index contributed by atoms with van der Waals surface area (Å²) in [5.41, 5.74) is 16.7. The van der Waals surface area contributed by atoms with Crippen LogP contribution in [0.25, 0.3) is 22.4 Å². The third-order valence-corrected chi connectivity index (χ3v) is 23.9. The third-order valence-electron chi connectivity index (χ3n) is 20.0. The molecule has 0 radical (unpaired) electrons. The van der Waals surface area contributed by atoms with Crippen LogP contribution in [0.5, 0.6) is 5.75 Å². The van der Waals surface area contributed by atoms with Gasteiger partial charge in [-0.2, -0.15) is 22.1 Å². The number of carbonyl (C=O) groups is 3. The number of hydrogen-bond donors (Lipinski definition) is 5. The molecule has 13 rings (SSSR count). The Bertz CT molecular complexity index is 5320. The average Bonchev–Trinajstić information content (AvgIpc) is 1.51. The number of aryl methyl sites for hydroxylation is 1. The van der Waals surface area contributed by atoms with Crippen LogP contribution in [0.1, 0.15) is 162 Å². The first-order valence-electron chi connectivity index (χ1n) is 36.5. The normalized spacial score (nSPS) is 18.4. The van der Waals surface area contributed by atoms with Crippen LogP contribution in [0, 0.1) is 36.0 Å². The maximum atomic E-state index is 13.6. The highest BCUT2D eigenvalue weighted by Gasteiger charge is 2.43. The summed E-state index contributed by atoms with van der Waals surface area (Å²) >= 11 is 0. The molecule has 3 aromatic carbocycles. The first-order chi connectivity index (χ1) is 52.1. The van der Waals surface area contributed by atoms with Crippen LogP contribution in [0.3, 0.4) is 0 Å². The number of nitrogens with zero attached hydrogens (tertiary/aromatic N) is 11. The highest BCUT2D eigenvalue weighted by molar-refractivity contribution is 7.90. The number of benzene rings is 3. The van der Waals surface area contributed by atoms with Gasteiger partial charge in [-0.3, -0.25) is 14.4 Å². The molecule has 0 saturated carbocycles. The molecule has 0 bridgehead atoms. The summed E-state index contributed by atoms with van der Waals surface area (Å²) in [6, 6.07) is 45.2. The molecule has 29 heteroatoms. The summed E-state index contributed by atoms with van der Waals surface area (Å²) in [6.07, 6.45) is 10.4. The topological polar surface area (TPSA) is 365 Å². The number of aromatic nitrogens is 6. The molecule has 4 atom stereocenters. The van der Waals surface area contributed by atoms with Crippen LogP contribution in [0.2, 0.25) is 0 Å². The van der Waals surface area contributed by atoms with Crippen molar-refractivity contribution in [2.45, 2.75) is 152 Å². The lowest BCUT2D eigenvalue weighted by Gasteiger charge is -2.34. The van der Waals surface area contributed by atoms with Crippen LogP contribution in [-0.2, 0) is 30.1 Å². The van der Waals surface area contributed by atoms with Crippen LogP contribution >= 0.6 is 0 Å². The van der Waals surface area contributed by atoms with E-state index in [0.29, 0.717) is 77.5 Å². The number of pyridine rings is 6. The molecule has 4 fully saturated rings. The van der Waals surface area contributed by atoms with E-state index in [0.717, 1.165) is 74.1 Å². The molecule has 4 aliphatic rings. The van der Waals surface area contributed by atoms with Crippen LogP contribution in [0.15, 0.2) is 185 Å². The van der Waals surface area contributed by atoms with Gasteiger partial charge in [-0.15, -0.1) is 0 Å². The maximum absolute atomic E-state index is 13.6. The predicted molar refractivity (Wildman–Crippen MR) is 426 cm³/mol. The van der Waals surface area contributed by atoms with Crippen molar-refractivity contribution in [3.05, 3.63) is 204 Å². The molecular weight excluding hydrogens is 1450 g/mol. The number of nitrogens with one attached hydrogen (secondary N) is 3. The monoisotopic (exact) mass is 1550 g/mol. The Morgan fingerprint density at radius 3 is 1.68 bits per heavy atom. The van der Waals surface area contributed by atoms with Gasteiger partial charge in [-0.1, -0.05) is 88.4 Å². The summed E-state index contributed by atoms with van der Waals surface area (Å²) in [7, 11) is -12.7. The van der Waals surface area contributed by atoms with Gasteiger partial charge in [-0.25, -0.2) is 52.5 Å². The third kappa shape index (κ3) is 18.1. The van der Waals surface area contributed by atoms with Crippen molar-refractivity contribution >= 4 is 82.7 Å². The number of nitriles is 1. The van der Waals surface area contributed by atoms with Gasteiger partial charge in [0, 0.05) is 72.5 Å². The van der Waals surface area contributed by atoms with Gasteiger partial charge in [0.15, 0.2) is 10.1 Å². The molecule has 3 unspecified atom stereocenters. The summed E-state index contributed by atoms with van der Waals surface area (Å²) in [6.45, 7) is 26.5. The Kier molecular flexibility index (Phi) is 23.7. The predicted octanol–water partition coefficient (Wildman–Crippen LogP) is 12.5. The van der Waals surface area contributed by atoms with Gasteiger partial charge in [0.25, 0.3) is 47.8 Å². The number of hydrogen-bond acceptors (Lipinski definition) is 23. The fraction of sp³-hybridized carbons (Fsp3) is 0.358. The fourth-order valence-corrected chi connectivity index (χ4v) is 18.2. The number of carbonyl (C=O) groups excluding carboxylic acids is 3. The number of nitrogen functional groups attached to an aromatic ring is 2. The summed E-state index contributed by atoms with van der Waals surface area (Å²) < 4.78 is 90.7. The molecule has 7 N–H and O–H groups in total. The first kappa shape index (κ1) is 79.9. The molecule has 0 aliphatic carbocycles. The molecule has 110 heavy (non-hydrogen) atoms. The average molecular weight is 1550 g/mol. The number of amides is 3. The lowest BCUT2D eigenvalue weighted by atomic mass is 9.97. The standard InChI is InChI=1S/C28H35N5O4S.C28H33N5O3S.C25H26N6O3S/c1-6-12-37-23-11-10-20(13-19(23)3)21-14-22(26(30-16-21)33-17-18(2)15-28(33,4)5)27(34)32-38(35,36)25-9-7-8-24(29)31-25;1-20-18-28(2,3)33(19-20)26-22(12-8-16-29-26)27(34)31-37(35,36)25-15-7-14-24(30-25)32-17-9-13-23(32)21-10-5-4-6-11-21;1-16-13-25(2,3)31(15-16)23-19(10-11-20(29-23)18-8-6-17(14-26)7-9-18)24(32)30-35(33,34)21-5-4-12-28-22(21)27/h7-11,13-14,16,18H,6,12,15,17H2,1-5H3,(H2,29,31)(H,32,34);4-8,10-12,14-16,20,23H,9,13,17-19H2,1-3H3,(H,31,34);4-12,16H,13,15H2,1-3H3,(H2,27,28)(H,30,32)/t;;16-/m..0/s1. The molecule has 9 aromatic rings. The highest BCUT2D eigenvalue weighted by Crippen LogP contribution is 2.43. The van der Waals surface area contributed by atoms with Crippen molar-refractivity contribution in [2.75, 3.05) is 63.9 Å². The second kappa shape index (κ2) is 32.6. The van der Waals surface area contributed by atoms with Gasteiger partial charge in [-0.05, 0) is 212 Å². The van der Waals surface area contributed by atoms with Crippen molar-refractivity contribution in [2.24, 2.45) is 17.8 Å². The lowest BCUT2D eigenvalue weighted by molar-refractivity contribution is 0.0972. The van der Waals surface area contributed by atoms with Crippen molar-refractivity contribution in [1.29, 1.82) is 5.26 Å². The minimum absolute atomic E-state index is 0.0409. The molecule has 576 valence electrons. The minimum atomic E-state index is -4.26. The molecule has 0 spiro atoms. The van der Waals surface area contributed by atoms with E-state index >= 15 is 0 Å². The molecule has 6 aromatic heterocycles. The minimum Gasteiger partial charge on any atom is -0.493 e. The second-order valence-corrected chi connectivity index (χ2v) is 35.3. The maximum Gasteiger partial charge on any atom is 0.281 e. The van der Waals surface area contributed by atoms with Crippen molar-refractivity contribution in [3.63, 3.8) is 0 Å². The van der Waals surface area contributed by atoms with Gasteiger partial charge < -0.3 is 35.8 Å². The van der Waals surface area contributed by atoms with E-state index in [9.17, 15) is 39.6 Å². The Morgan fingerprint density at radius 2 is 1.11 bits per heavy atom. The lowest BCUT2D eigenvalue weighted by Crippen LogP contribution is -2.41. The Labute approximate surface area is 644 Å². The van der Waals surface area contributed by atoms with Gasteiger partial charge >= 0.3 is 0 Å². The van der Waals surface area contributed by atoms with Crippen LogP contribution < -0.4 is 50.0 Å². The summed E-state index contributed by atoms with van der Waals surface area (Å²) in [5, 5.41) is 8.57. The number of nitrogens with two attached hydrogens (primary N) is 2. The zero-order chi connectivity index (χ0) is 79.3. The van der Waals surface area contributed by atoms with E-state index in [1.807, 2.05) is 54.3 Å². The Balaban J connectivity index is 0.000000164. The van der Waals surface area contributed by atoms with Crippen molar-refractivity contribution < 1.29 is 44.4 Å². The quantitative estimate of drug-likeness (QED) is 0.0502. The van der Waals surface area contributed by atoms with E-state index < -0.39 is 47.8 Å². The summed E-state index contributed by atoms with van der Waals surface area (Å²) in [4.78, 5) is 74.4. The second-order valence-electron chi connectivity index (χ2n) is 30.4. The zero-order valence-electron chi connectivity index (χ0n) is 63.6. The largest absolute Gasteiger partial charge is 0.493 e. The number of anilines is 6. The first-order valence-corrected chi connectivity index (χ1v) is 41.0. The van der Waals surface area contributed by atoms with Gasteiger partial charge in [0.1, 0.15) is 45.6 Å². The molecule has 4 aliphatic heterocycles. The molecule has 26 nitrogen and oxygen atoms in total. The smallest absolute Gasteiger partial charge is 0.281 e. The number of rotatable bonds is 19. The Hall–Kier alpha value is -11.1. The van der Waals surface area contributed by atoms with E-state index in [-0.39, 0.29) is 65.9 Å². The molecule has 10 heterocycles. The number of sulfonamides is 3. The van der Waals surface area contributed by atoms with Crippen LogP contribution in [-0.4, -0.2) is 122 Å². The van der Waals surface area contributed by atoms with E-state index in [2.05, 4.69) is 136 Å². The number of ether oxygens (including phenoxy) is 1. The van der Waals surface area contributed by atoms with E-state index in [1.165, 1.54) is 48.2 Å². The fourth-order valence-electron chi connectivity index (χ4n) is 15.3. The molecule has 4 saturated heterocycles. The van der Waals surface area contributed by atoms with Gasteiger partial charge in [0.05, 0.1) is 46.7 Å².